The first-order valence-electron chi connectivity index (χ1n) is 7.66. The number of carbonyl (C=O) groups is 1. The summed E-state index contributed by atoms with van der Waals surface area (Å²) in [6.07, 6.45) is 6.52. The van der Waals surface area contributed by atoms with E-state index in [2.05, 4.69) is 15.4 Å². The van der Waals surface area contributed by atoms with Gasteiger partial charge in [0.15, 0.2) is 0 Å². The number of aryl methyl sites for hydroxylation is 1. The summed E-state index contributed by atoms with van der Waals surface area (Å²) < 4.78 is 1.75. The summed E-state index contributed by atoms with van der Waals surface area (Å²) in [6, 6.07) is 15.7. The Morgan fingerprint density at radius 2 is 1.88 bits per heavy atom. The average molecular weight is 318 g/mol. The summed E-state index contributed by atoms with van der Waals surface area (Å²) in [5, 5.41) is 6.92. The number of hydrogen-bond acceptors (Lipinski definition) is 3. The molecule has 3 rings (SSSR count). The van der Waals surface area contributed by atoms with Crippen LogP contribution in [0.1, 0.15) is 16.7 Å². The molecule has 120 valence electrons. The van der Waals surface area contributed by atoms with Gasteiger partial charge in [0.05, 0.1) is 6.54 Å². The minimum Gasteiger partial charge on any atom is -0.323 e. The third-order valence-corrected chi connectivity index (χ3v) is 3.54. The first kappa shape index (κ1) is 15.7. The first-order chi connectivity index (χ1) is 11.7. The lowest BCUT2D eigenvalue weighted by atomic mass is 10.1. The Kier molecular flexibility index (Phi) is 4.81. The van der Waals surface area contributed by atoms with Crippen LogP contribution in [0.15, 0.2) is 67.3 Å². The molecule has 5 nitrogen and oxygen atoms in total. The zero-order valence-electron chi connectivity index (χ0n) is 13.4. The molecule has 0 aliphatic heterocycles. The Morgan fingerprint density at radius 1 is 1.12 bits per heavy atom. The van der Waals surface area contributed by atoms with Crippen LogP contribution in [0.4, 0.5) is 5.69 Å². The van der Waals surface area contributed by atoms with Crippen LogP contribution in [0.5, 0.6) is 0 Å². The number of amides is 1. The van der Waals surface area contributed by atoms with E-state index < -0.39 is 0 Å². The van der Waals surface area contributed by atoms with Gasteiger partial charge in [0, 0.05) is 11.8 Å². The molecule has 1 aromatic heterocycles. The van der Waals surface area contributed by atoms with Crippen LogP contribution in [0.3, 0.4) is 0 Å². The molecule has 0 bridgehead atoms. The summed E-state index contributed by atoms with van der Waals surface area (Å²) in [6.45, 7) is 2.69. The molecule has 1 amide bonds. The van der Waals surface area contributed by atoms with E-state index in [1.54, 1.807) is 17.1 Å². The Bertz CT molecular complexity index is 819. The SMILES string of the molecule is Cc1ccc(C=CC(=O)Nc2ccc(Cn3cncn3)cc2)cc1. The van der Waals surface area contributed by atoms with Gasteiger partial charge < -0.3 is 5.32 Å². The molecule has 0 radical (unpaired) electrons. The van der Waals surface area contributed by atoms with Crippen molar-refractivity contribution in [1.82, 2.24) is 14.8 Å². The predicted molar refractivity (Wildman–Crippen MR) is 94.4 cm³/mol. The topological polar surface area (TPSA) is 59.8 Å². The summed E-state index contributed by atoms with van der Waals surface area (Å²) in [5.74, 6) is -0.153. The van der Waals surface area contributed by atoms with Crippen molar-refractivity contribution in [3.8, 4) is 0 Å². The highest BCUT2D eigenvalue weighted by atomic mass is 16.1. The summed E-state index contributed by atoms with van der Waals surface area (Å²) >= 11 is 0. The molecule has 24 heavy (non-hydrogen) atoms. The van der Waals surface area contributed by atoms with Gasteiger partial charge in [-0.3, -0.25) is 4.79 Å². The predicted octanol–water partition coefficient (Wildman–Crippen LogP) is 3.29. The van der Waals surface area contributed by atoms with E-state index in [-0.39, 0.29) is 5.91 Å². The molecule has 3 aromatic rings. The second-order valence-corrected chi connectivity index (χ2v) is 5.52. The van der Waals surface area contributed by atoms with Crippen LogP contribution in [0, 0.1) is 6.92 Å². The number of rotatable bonds is 5. The van der Waals surface area contributed by atoms with Gasteiger partial charge in [0.1, 0.15) is 12.7 Å². The van der Waals surface area contributed by atoms with Gasteiger partial charge in [-0.25, -0.2) is 9.67 Å². The first-order valence-corrected chi connectivity index (χ1v) is 7.66. The molecule has 0 aliphatic carbocycles. The fraction of sp³-hybridized carbons (Fsp3) is 0.105. The number of aromatic nitrogens is 3. The number of hydrogen-bond donors (Lipinski definition) is 1. The molecule has 0 atom stereocenters. The van der Waals surface area contributed by atoms with Crippen LogP contribution in [0.25, 0.3) is 6.08 Å². The number of nitrogens with zero attached hydrogens (tertiary/aromatic N) is 3. The van der Waals surface area contributed by atoms with Gasteiger partial charge in [-0.1, -0.05) is 42.0 Å². The molecule has 0 saturated heterocycles. The van der Waals surface area contributed by atoms with Crippen LogP contribution >= 0.6 is 0 Å². The van der Waals surface area contributed by atoms with E-state index in [9.17, 15) is 4.79 Å². The smallest absolute Gasteiger partial charge is 0.248 e. The van der Waals surface area contributed by atoms with Crippen LogP contribution in [-0.2, 0) is 11.3 Å². The van der Waals surface area contributed by atoms with Crippen molar-refractivity contribution in [2.75, 3.05) is 5.32 Å². The lowest BCUT2D eigenvalue weighted by molar-refractivity contribution is -0.111. The van der Waals surface area contributed by atoms with Crippen molar-refractivity contribution in [2.45, 2.75) is 13.5 Å². The summed E-state index contributed by atoms with van der Waals surface area (Å²) in [7, 11) is 0. The van der Waals surface area contributed by atoms with Gasteiger partial charge in [0.25, 0.3) is 0 Å². The molecule has 1 heterocycles. The fourth-order valence-corrected chi connectivity index (χ4v) is 2.23. The molecule has 0 fully saturated rings. The zero-order valence-corrected chi connectivity index (χ0v) is 13.4. The van der Waals surface area contributed by atoms with E-state index >= 15 is 0 Å². The molecule has 0 unspecified atom stereocenters. The number of carbonyl (C=O) groups excluding carboxylic acids is 1. The largest absolute Gasteiger partial charge is 0.323 e. The molecule has 2 aromatic carbocycles. The average Bonchev–Trinajstić information content (AvgIpc) is 3.09. The highest BCUT2D eigenvalue weighted by molar-refractivity contribution is 6.01. The van der Waals surface area contributed by atoms with Crippen LogP contribution in [0.2, 0.25) is 0 Å². The normalized spacial score (nSPS) is 10.9. The van der Waals surface area contributed by atoms with Gasteiger partial charge in [0.2, 0.25) is 5.91 Å². The molecular formula is C19H18N4O. The Morgan fingerprint density at radius 3 is 2.54 bits per heavy atom. The maximum absolute atomic E-state index is 12.0. The number of anilines is 1. The van der Waals surface area contributed by atoms with Crippen LogP contribution < -0.4 is 5.32 Å². The van der Waals surface area contributed by atoms with E-state index in [1.807, 2.05) is 55.5 Å². The summed E-state index contributed by atoms with van der Waals surface area (Å²) in [4.78, 5) is 15.9. The standard InChI is InChI=1S/C19H18N4O/c1-15-2-4-16(5-3-15)8-11-19(24)22-18-9-6-17(7-10-18)12-23-14-20-13-21-23/h2-11,13-14H,12H2,1H3,(H,22,24). The quantitative estimate of drug-likeness (QED) is 0.734. The third kappa shape index (κ3) is 4.39. The second kappa shape index (κ2) is 7.37. The van der Waals surface area contributed by atoms with E-state index in [1.165, 1.54) is 18.0 Å². The maximum atomic E-state index is 12.0. The Labute approximate surface area is 140 Å². The Hall–Kier alpha value is -3.21. The molecule has 5 heteroatoms. The lowest BCUT2D eigenvalue weighted by Gasteiger charge is -2.05. The van der Waals surface area contributed by atoms with Gasteiger partial charge in [-0.15, -0.1) is 0 Å². The molecule has 1 N–H and O–H groups in total. The van der Waals surface area contributed by atoms with Gasteiger partial charge >= 0.3 is 0 Å². The molecule has 0 spiro atoms. The third-order valence-electron chi connectivity index (χ3n) is 3.54. The second-order valence-electron chi connectivity index (χ2n) is 5.52. The van der Waals surface area contributed by atoms with Crippen molar-refractivity contribution in [3.63, 3.8) is 0 Å². The molecule has 0 saturated carbocycles. The highest BCUT2D eigenvalue weighted by Gasteiger charge is 2.00. The minimum absolute atomic E-state index is 0.153. The van der Waals surface area contributed by atoms with E-state index in [0.29, 0.717) is 6.54 Å². The number of nitrogens with one attached hydrogen (secondary N) is 1. The lowest BCUT2D eigenvalue weighted by Crippen LogP contribution is -2.08. The molecule has 0 aliphatic rings. The van der Waals surface area contributed by atoms with E-state index in [4.69, 9.17) is 0 Å². The number of benzene rings is 2. The van der Waals surface area contributed by atoms with Gasteiger partial charge in [-0.05, 0) is 36.3 Å². The van der Waals surface area contributed by atoms with E-state index in [0.717, 1.165) is 16.8 Å². The summed E-state index contributed by atoms with van der Waals surface area (Å²) in [5.41, 5.74) is 4.05. The van der Waals surface area contributed by atoms with Crippen LogP contribution in [-0.4, -0.2) is 20.7 Å². The maximum Gasteiger partial charge on any atom is 0.248 e. The molecular weight excluding hydrogens is 300 g/mol. The minimum atomic E-state index is -0.153. The van der Waals surface area contributed by atoms with Crippen molar-refractivity contribution < 1.29 is 4.79 Å². The van der Waals surface area contributed by atoms with Gasteiger partial charge in [-0.2, -0.15) is 5.10 Å². The van der Waals surface area contributed by atoms with Crippen molar-refractivity contribution in [1.29, 1.82) is 0 Å². The highest BCUT2D eigenvalue weighted by Crippen LogP contribution is 2.11. The van der Waals surface area contributed by atoms with Crippen molar-refractivity contribution >= 4 is 17.7 Å². The van der Waals surface area contributed by atoms with Crippen molar-refractivity contribution in [3.05, 3.63) is 84.0 Å². The monoisotopic (exact) mass is 318 g/mol. The fourth-order valence-electron chi connectivity index (χ4n) is 2.23. The van der Waals surface area contributed by atoms with Crippen molar-refractivity contribution in [2.24, 2.45) is 0 Å². The Balaban J connectivity index is 1.57. The zero-order chi connectivity index (χ0) is 16.8.